The molecule has 0 aliphatic rings. The van der Waals surface area contributed by atoms with Gasteiger partial charge in [0.25, 0.3) is 0 Å². The normalized spacial score (nSPS) is 11.3. The van der Waals surface area contributed by atoms with Crippen molar-refractivity contribution in [2.45, 2.75) is 12.8 Å². The fourth-order valence-electron chi connectivity index (χ4n) is 1.95. The molecule has 0 amide bonds. The minimum Gasteiger partial charge on any atom is -0.356 e. The first-order valence-electron chi connectivity index (χ1n) is 6.89. The highest BCUT2D eigenvalue weighted by Gasteiger charge is 1.98. The highest BCUT2D eigenvalue weighted by Crippen LogP contribution is 2.07. The van der Waals surface area contributed by atoms with Crippen LogP contribution in [0.15, 0.2) is 52.8 Å². The summed E-state index contributed by atoms with van der Waals surface area (Å²) in [4.78, 5) is 5.64. The van der Waals surface area contributed by atoms with Gasteiger partial charge in [-0.1, -0.05) is 36.4 Å². The molecule has 0 atom stereocenters. The smallest absolute Gasteiger partial charge is 0.190 e. The Labute approximate surface area is 124 Å². The topological polar surface area (TPSA) is 36.4 Å². The molecule has 0 saturated carbocycles. The Kier molecular flexibility index (Phi) is 6.11. The van der Waals surface area contributed by atoms with Gasteiger partial charge in [0, 0.05) is 25.0 Å². The third-order valence-electron chi connectivity index (χ3n) is 3.02. The maximum atomic E-state index is 4.24. The Morgan fingerprint density at radius 2 is 1.75 bits per heavy atom. The standard InChI is InChI=1S/C16H21N3S/c1-17-16(19-12-10-15-8-5-13-20-15)18-11-9-14-6-3-2-4-7-14/h2-8,13H,9-12H2,1H3,(H2,17,18,19). The van der Waals surface area contributed by atoms with Gasteiger partial charge < -0.3 is 10.6 Å². The Bertz CT molecular complexity index is 506. The van der Waals surface area contributed by atoms with Gasteiger partial charge in [-0.3, -0.25) is 4.99 Å². The number of hydrogen-bond acceptors (Lipinski definition) is 2. The maximum Gasteiger partial charge on any atom is 0.190 e. The molecule has 1 heterocycles. The van der Waals surface area contributed by atoms with Gasteiger partial charge in [-0.05, 0) is 29.9 Å². The van der Waals surface area contributed by atoms with Crippen LogP contribution in [0.5, 0.6) is 0 Å². The molecule has 20 heavy (non-hydrogen) atoms. The van der Waals surface area contributed by atoms with E-state index in [2.05, 4.69) is 57.4 Å². The van der Waals surface area contributed by atoms with Gasteiger partial charge >= 0.3 is 0 Å². The molecule has 0 aliphatic heterocycles. The van der Waals surface area contributed by atoms with Gasteiger partial charge in [0.15, 0.2) is 5.96 Å². The van der Waals surface area contributed by atoms with Crippen LogP contribution in [0.25, 0.3) is 0 Å². The lowest BCUT2D eigenvalue weighted by molar-refractivity contribution is 0.788. The predicted molar refractivity (Wildman–Crippen MR) is 87.5 cm³/mol. The van der Waals surface area contributed by atoms with Crippen LogP contribution in [-0.4, -0.2) is 26.1 Å². The van der Waals surface area contributed by atoms with Gasteiger partial charge in [0.2, 0.25) is 0 Å². The van der Waals surface area contributed by atoms with Gasteiger partial charge in [-0.25, -0.2) is 0 Å². The van der Waals surface area contributed by atoms with E-state index < -0.39 is 0 Å². The highest BCUT2D eigenvalue weighted by atomic mass is 32.1. The second-order valence-electron chi connectivity index (χ2n) is 4.49. The lowest BCUT2D eigenvalue weighted by Crippen LogP contribution is -2.39. The largest absolute Gasteiger partial charge is 0.356 e. The summed E-state index contributed by atoms with van der Waals surface area (Å²) in [6.45, 7) is 1.80. The summed E-state index contributed by atoms with van der Waals surface area (Å²) in [7, 11) is 1.81. The van der Waals surface area contributed by atoms with E-state index in [1.54, 1.807) is 11.3 Å². The molecule has 1 aromatic carbocycles. The zero-order chi connectivity index (χ0) is 14.0. The van der Waals surface area contributed by atoms with E-state index in [1.807, 2.05) is 13.1 Å². The van der Waals surface area contributed by atoms with Crippen molar-refractivity contribution in [2.24, 2.45) is 4.99 Å². The SMILES string of the molecule is CN=C(NCCc1ccccc1)NCCc1cccs1. The molecule has 0 fully saturated rings. The summed E-state index contributed by atoms with van der Waals surface area (Å²) in [5.74, 6) is 0.873. The van der Waals surface area contributed by atoms with Crippen molar-refractivity contribution in [1.29, 1.82) is 0 Å². The van der Waals surface area contributed by atoms with Crippen LogP contribution in [0, 0.1) is 0 Å². The predicted octanol–water partition coefficient (Wildman–Crippen LogP) is 2.70. The average molecular weight is 287 g/mol. The number of hydrogen-bond donors (Lipinski definition) is 2. The van der Waals surface area contributed by atoms with Crippen LogP contribution in [0.2, 0.25) is 0 Å². The van der Waals surface area contributed by atoms with E-state index in [9.17, 15) is 0 Å². The van der Waals surface area contributed by atoms with E-state index >= 15 is 0 Å². The molecule has 0 aliphatic carbocycles. The van der Waals surface area contributed by atoms with Gasteiger partial charge in [0.1, 0.15) is 0 Å². The summed E-state index contributed by atoms with van der Waals surface area (Å²) in [6.07, 6.45) is 2.05. The molecule has 1 aromatic heterocycles. The molecule has 0 radical (unpaired) electrons. The van der Waals surface area contributed by atoms with Gasteiger partial charge in [0.05, 0.1) is 0 Å². The third kappa shape index (κ3) is 5.05. The van der Waals surface area contributed by atoms with Crippen LogP contribution < -0.4 is 10.6 Å². The lowest BCUT2D eigenvalue weighted by Gasteiger charge is -2.11. The van der Waals surface area contributed by atoms with E-state index in [-0.39, 0.29) is 0 Å². The molecule has 2 rings (SSSR count). The molecule has 3 nitrogen and oxygen atoms in total. The summed E-state index contributed by atoms with van der Waals surface area (Å²) in [5.41, 5.74) is 1.34. The quantitative estimate of drug-likeness (QED) is 0.633. The Morgan fingerprint density at radius 1 is 1.00 bits per heavy atom. The first-order valence-corrected chi connectivity index (χ1v) is 7.77. The third-order valence-corrected chi connectivity index (χ3v) is 3.95. The van der Waals surface area contributed by atoms with Crippen LogP contribution in [0.3, 0.4) is 0 Å². The Hall–Kier alpha value is -1.81. The van der Waals surface area contributed by atoms with E-state index in [4.69, 9.17) is 0 Å². The van der Waals surface area contributed by atoms with Gasteiger partial charge in [-0.15, -0.1) is 11.3 Å². The number of benzene rings is 1. The molecule has 4 heteroatoms. The molecule has 0 saturated heterocycles. The number of rotatable bonds is 6. The fraction of sp³-hybridized carbons (Fsp3) is 0.312. The van der Waals surface area contributed by atoms with E-state index in [0.717, 1.165) is 31.9 Å². The maximum absolute atomic E-state index is 4.24. The fourth-order valence-corrected chi connectivity index (χ4v) is 2.66. The molecule has 0 unspecified atom stereocenters. The van der Waals surface area contributed by atoms with Crippen molar-refractivity contribution >= 4 is 17.3 Å². The lowest BCUT2D eigenvalue weighted by atomic mass is 10.1. The summed E-state index contributed by atoms with van der Waals surface area (Å²) >= 11 is 1.80. The molecule has 0 bridgehead atoms. The van der Waals surface area contributed by atoms with Crippen LogP contribution in [-0.2, 0) is 12.8 Å². The zero-order valence-corrected chi connectivity index (χ0v) is 12.6. The number of thiophene rings is 1. The number of nitrogens with one attached hydrogen (secondary N) is 2. The van der Waals surface area contributed by atoms with Crippen molar-refractivity contribution in [3.05, 3.63) is 58.3 Å². The summed E-state index contributed by atoms with van der Waals surface area (Å²) in [6, 6.07) is 14.7. The molecular formula is C16H21N3S. The van der Waals surface area contributed by atoms with Crippen molar-refractivity contribution in [3.8, 4) is 0 Å². The molecular weight excluding hydrogens is 266 g/mol. The number of guanidine groups is 1. The first kappa shape index (κ1) is 14.6. The van der Waals surface area contributed by atoms with Crippen molar-refractivity contribution in [2.75, 3.05) is 20.1 Å². The van der Waals surface area contributed by atoms with E-state index in [1.165, 1.54) is 10.4 Å². The first-order chi connectivity index (χ1) is 9.88. The minimum atomic E-state index is 0.873. The monoisotopic (exact) mass is 287 g/mol. The molecule has 2 aromatic rings. The summed E-state index contributed by atoms with van der Waals surface area (Å²) in [5, 5.41) is 8.79. The van der Waals surface area contributed by atoms with Gasteiger partial charge in [-0.2, -0.15) is 0 Å². The van der Waals surface area contributed by atoms with Crippen molar-refractivity contribution in [3.63, 3.8) is 0 Å². The second-order valence-corrected chi connectivity index (χ2v) is 5.52. The van der Waals surface area contributed by atoms with Crippen molar-refractivity contribution < 1.29 is 0 Å². The van der Waals surface area contributed by atoms with Crippen molar-refractivity contribution in [1.82, 2.24) is 10.6 Å². The average Bonchev–Trinajstić information content (AvgIpc) is 3.00. The molecule has 0 spiro atoms. The number of nitrogens with zero attached hydrogens (tertiary/aromatic N) is 1. The molecule has 106 valence electrons. The van der Waals surface area contributed by atoms with Crippen LogP contribution >= 0.6 is 11.3 Å². The van der Waals surface area contributed by atoms with Crippen LogP contribution in [0.4, 0.5) is 0 Å². The molecule has 2 N–H and O–H groups in total. The Morgan fingerprint density at radius 3 is 2.40 bits per heavy atom. The van der Waals surface area contributed by atoms with Crippen LogP contribution in [0.1, 0.15) is 10.4 Å². The summed E-state index contributed by atoms with van der Waals surface area (Å²) < 4.78 is 0. The second kappa shape index (κ2) is 8.38. The Balaban J connectivity index is 1.65. The number of aliphatic imine (C=N–C) groups is 1. The minimum absolute atomic E-state index is 0.873. The van der Waals surface area contributed by atoms with E-state index in [0.29, 0.717) is 0 Å². The highest BCUT2D eigenvalue weighted by molar-refractivity contribution is 7.09. The zero-order valence-electron chi connectivity index (χ0n) is 11.8.